The maximum atomic E-state index is 13.0. The average Bonchev–Trinajstić information content (AvgIpc) is 3.47. The smallest absolute Gasteiger partial charge is 0.225 e. The average molecular weight is 340 g/mol. The van der Waals surface area contributed by atoms with Gasteiger partial charge in [-0.05, 0) is 62.1 Å². The zero-order valence-electron chi connectivity index (χ0n) is 14.0. The molecule has 25 heavy (non-hydrogen) atoms. The lowest BCUT2D eigenvalue weighted by molar-refractivity contribution is -0.125. The van der Waals surface area contributed by atoms with E-state index in [1.807, 2.05) is 12.1 Å². The van der Waals surface area contributed by atoms with Crippen LogP contribution in [0.3, 0.4) is 0 Å². The van der Waals surface area contributed by atoms with Gasteiger partial charge in [-0.25, -0.2) is 4.39 Å². The first-order chi connectivity index (χ1) is 12.2. The molecule has 1 aliphatic heterocycles. The Balaban J connectivity index is 1.43. The minimum Gasteiger partial charge on any atom is -0.354 e. The van der Waals surface area contributed by atoms with E-state index >= 15 is 0 Å². The van der Waals surface area contributed by atoms with Crippen molar-refractivity contribution in [1.29, 1.82) is 0 Å². The van der Waals surface area contributed by atoms with Crippen LogP contribution < -0.4 is 10.2 Å². The van der Waals surface area contributed by atoms with Crippen molar-refractivity contribution in [3.05, 3.63) is 42.2 Å². The lowest BCUT2D eigenvalue weighted by Crippen LogP contribution is -2.44. The Morgan fingerprint density at radius 3 is 2.56 bits per heavy atom. The van der Waals surface area contributed by atoms with E-state index in [0.29, 0.717) is 18.3 Å². The summed E-state index contributed by atoms with van der Waals surface area (Å²) in [5.41, 5.74) is 1.55. The van der Waals surface area contributed by atoms with Gasteiger partial charge in [0.15, 0.2) is 5.82 Å². The van der Waals surface area contributed by atoms with Crippen LogP contribution >= 0.6 is 0 Å². The predicted molar refractivity (Wildman–Crippen MR) is 93.5 cm³/mol. The Bertz CT molecular complexity index is 743. The molecule has 2 fully saturated rings. The molecule has 1 aliphatic carbocycles. The van der Waals surface area contributed by atoms with Gasteiger partial charge in [-0.1, -0.05) is 0 Å². The van der Waals surface area contributed by atoms with Gasteiger partial charge in [0.1, 0.15) is 5.82 Å². The quantitative estimate of drug-likeness (QED) is 0.930. The third-order valence-electron chi connectivity index (χ3n) is 4.83. The Labute approximate surface area is 146 Å². The number of carbonyl (C=O) groups excluding carboxylic acids is 1. The number of halogens is 1. The summed E-state index contributed by atoms with van der Waals surface area (Å²) >= 11 is 0. The molecule has 1 saturated heterocycles. The summed E-state index contributed by atoms with van der Waals surface area (Å²) in [5.74, 6) is 0.711. The van der Waals surface area contributed by atoms with Gasteiger partial charge in [0, 0.05) is 24.7 Å². The van der Waals surface area contributed by atoms with Crippen molar-refractivity contribution in [2.24, 2.45) is 5.92 Å². The molecule has 1 aromatic carbocycles. The van der Waals surface area contributed by atoms with Gasteiger partial charge in [0.2, 0.25) is 5.91 Å². The molecular formula is C19H21FN4O. The highest BCUT2D eigenvalue weighted by Gasteiger charge is 2.30. The maximum absolute atomic E-state index is 13.0. The summed E-state index contributed by atoms with van der Waals surface area (Å²) in [6, 6.07) is 10.4. The molecule has 6 heteroatoms. The first kappa shape index (κ1) is 16.0. The van der Waals surface area contributed by atoms with E-state index in [-0.39, 0.29) is 17.6 Å². The number of rotatable bonds is 4. The highest BCUT2D eigenvalue weighted by atomic mass is 19.1. The third-order valence-corrected chi connectivity index (χ3v) is 4.83. The van der Waals surface area contributed by atoms with Crippen LogP contribution in [0.15, 0.2) is 36.4 Å². The van der Waals surface area contributed by atoms with Gasteiger partial charge in [-0.15, -0.1) is 10.2 Å². The number of benzene rings is 1. The van der Waals surface area contributed by atoms with Gasteiger partial charge in [0.25, 0.3) is 0 Å². The molecular weight excluding hydrogens is 319 g/mol. The van der Waals surface area contributed by atoms with E-state index in [4.69, 9.17) is 0 Å². The predicted octanol–water partition coefficient (Wildman–Crippen LogP) is 2.78. The number of hydrogen-bond acceptors (Lipinski definition) is 4. The van der Waals surface area contributed by atoms with Crippen molar-refractivity contribution in [2.45, 2.75) is 31.7 Å². The second kappa shape index (κ2) is 6.78. The monoisotopic (exact) mass is 340 g/mol. The van der Waals surface area contributed by atoms with Crippen LogP contribution in [0.25, 0.3) is 11.3 Å². The first-order valence-corrected chi connectivity index (χ1v) is 8.84. The third kappa shape index (κ3) is 3.78. The minimum absolute atomic E-state index is 0.0212. The molecule has 1 amide bonds. The molecule has 1 N–H and O–H groups in total. The fourth-order valence-corrected chi connectivity index (χ4v) is 3.21. The molecule has 4 rings (SSSR count). The first-order valence-electron chi connectivity index (χ1n) is 8.84. The number of nitrogens with zero attached hydrogens (tertiary/aromatic N) is 3. The second-order valence-corrected chi connectivity index (χ2v) is 6.85. The zero-order chi connectivity index (χ0) is 17.2. The van der Waals surface area contributed by atoms with Crippen molar-refractivity contribution in [2.75, 3.05) is 18.0 Å². The van der Waals surface area contributed by atoms with Gasteiger partial charge in [-0.3, -0.25) is 4.79 Å². The number of nitrogens with one attached hydrogen (secondary N) is 1. The topological polar surface area (TPSA) is 58.1 Å². The summed E-state index contributed by atoms with van der Waals surface area (Å²) < 4.78 is 13.0. The highest BCUT2D eigenvalue weighted by Crippen LogP contribution is 2.25. The van der Waals surface area contributed by atoms with E-state index in [0.717, 1.165) is 43.6 Å². The molecule has 1 atom stereocenters. The lowest BCUT2D eigenvalue weighted by Gasteiger charge is -2.32. The molecule has 2 aliphatic rings. The fourth-order valence-electron chi connectivity index (χ4n) is 3.21. The number of piperidine rings is 1. The summed E-state index contributed by atoms with van der Waals surface area (Å²) in [4.78, 5) is 14.4. The van der Waals surface area contributed by atoms with Gasteiger partial charge in [0.05, 0.1) is 11.6 Å². The maximum Gasteiger partial charge on any atom is 0.225 e. The van der Waals surface area contributed by atoms with Crippen LogP contribution in [0.1, 0.15) is 25.7 Å². The number of carbonyl (C=O) groups is 1. The molecule has 130 valence electrons. The number of anilines is 1. The SMILES string of the molecule is O=C(NC1CC1)C1CCCN(c2ccc(-c3ccc(F)cc3)nn2)C1. The lowest BCUT2D eigenvalue weighted by atomic mass is 9.97. The minimum atomic E-state index is -0.267. The summed E-state index contributed by atoms with van der Waals surface area (Å²) in [5, 5.41) is 11.7. The molecule has 1 saturated carbocycles. The number of hydrogen-bond donors (Lipinski definition) is 1. The molecule has 2 aromatic rings. The molecule has 0 spiro atoms. The van der Waals surface area contributed by atoms with Gasteiger partial charge >= 0.3 is 0 Å². The van der Waals surface area contributed by atoms with Crippen LogP contribution in [0.4, 0.5) is 10.2 Å². The van der Waals surface area contributed by atoms with Gasteiger partial charge < -0.3 is 10.2 Å². The Morgan fingerprint density at radius 2 is 1.88 bits per heavy atom. The Hall–Kier alpha value is -2.50. The van der Waals surface area contributed by atoms with Crippen LogP contribution in [0.5, 0.6) is 0 Å². The van der Waals surface area contributed by atoms with Crippen molar-refractivity contribution >= 4 is 11.7 Å². The Kier molecular flexibility index (Phi) is 4.34. The molecule has 1 unspecified atom stereocenters. The largest absolute Gasteiger partial charge is 0.354 e. The van der Waals surface area contributed by atoms with E-state index < -0.39 is 0 Å². The molecule has 2 heterocycles. The molecule has 1 aromatic heterocycles. The Morgan fingerprint density at radius 1 is 1.08 bits per heavy atom. The van der Waals surface area contributed by atoms with Crippen LogP contribution in [-0.4, -0.2) is 35.2 Å². The van der Waals surface area contributed by atoms with Crippen molar-refractivity contribution in [3.8, 4) is 11.3 Å². The summed E-state index contributed by atoms with van der Waals surface area (Å²) in [7, 11) is 0. The number of aromatic nitrogens is 2. The highest BCUT2D eigenvalue weighted by molar-refractivity contribution is 5.80. The van der Waals surface area contributed by atoms with Crippen molar-refractivity contribution in [1.82, 2.24) is 15.5 Å². The van der Waals surface area contributed by atoms with Crippen molar-refractivity contribution < 1.29 is 9.18 Å². The molecule has 5 nitrogen and oxygen atoms in total. The second-order valence-electron chi connectivity index (χ2n) is 6.85. The summed E-state index contributed by atoms with van der Waals surface area (Å²) in [6.07, 6.45) is 4.12. The standard InChI is InChI=1S/C19H21FN4O/c20-15-5-3-13(4-6-15)17-9-10-18(23-22-17)24-11-1-2-14(12-24)19(25)21-16-7-8-16/h3-6,9-10,14,16H,1-2,7-8,11-12H2,(H,21,25). The summed E-state index contributed by atoms with van der Waals surface area (Å²) in [6.45, 7) is 1.57. The van der Waals surface area contributed by atoms with Crippen molar-refractivity contribution in [3.63, 3.8) is 0 Å². The molecule has 0 radical (unpaired) electrons. The van der Waals surface area contributed by atoms with Crippen LogP contribution in [0, 0.1) is 11.7 Å². The zero-order valence-corrected chi connectivity index (χ0v) is 14.0. The van der Waals surface area contributed by atoms with E-state index in [2.05, 4.69) is 20.4 Å². The van der Waals surface area contributed by atoms with E-state index in [1.54, 1.807) is 12.1 Å². The van der Waals surface area contributed by atoms with Crippen LogP contribution in [-0.2, 0) is 4.79 Å². The van der Waals surface area contributed by atoms with Crippen LogP contribution in [0.2, 0.25) is 0 Å². The normalized spacial score (nSPS) is 20.4. The fraction of sp³-hybridized carbons (Fsp3) is 0.421. The number of amides is 1. The molecule has 0 bridgehead atoms. The van der Waals surface area contributed by atoms with Gasteiger partial charge in [-0.2, -0.15) is 0 Å². The van der Waals surface area contributed by atoms with E-state index in [1.165, 1.54) is 12.1 Å². The van der Waals surface area contributed by atoms with E-state index in [9.17, 15) is 9.18 Å².